The van der Waals surface area contributed by atoms with Gasteiger partial charge in [-0.05, 0) is 11.6 Å². The molecule has 0 amide bonds. The van der Waals surface area contributed by atoms with Gasteiger partial charge in [-0.25, -0.2) is 9.59 Å². The van der Waals surface area contributed by atoms with E-state index in [0.29, 0.717) is 16.5 Å². The van der Waals surface area contributed by atoms with Crippen molar-refractivity contribution in [2.45, 2.75) is 0 Å². The van der Waals surface area contributed by atoms with E-state index in [2.05, 4.69) is 0 Å². The van der Waals surface area contributed by atoms with E-state index in [0.717, 1.165) is 0 Å². The quantitative estimate of drug-likeness (QED) is 0.431. The van der Waals surface area contributed by atoms with Gasteiger partial charge in [0.2, 0.25) is 5.58 Å². The fraction of sp³-hybridized carbons (Fsp3) is 0. The summed E-state index contributed by atoms with van der Waals surface area (Å²) in [5, 5.41) is 11.3. The van der Waals surface area contributed by atoms with Crippen molar-refractivity contribution >= 4 is 21.9 Å². The summed E-state index contributed by atoms with van der Waals surface area (Å²) in [4.78, 5) is 24.3. The van der Waals surface area contributed by atoms with Crippen molar-refractivity contribution in [3.05, 3.63) is 75.4 Å². The lowest BCUT2D eigenvalue weighted by Gasteiger charge is -2.07. The van der Waals surface area contributed by atoms with Crippen molar-refractivity contribution in [2.24, 2.45) is 0 Å². The third-order valence-electron chi connectivity index (χ3n) is 3.71. The molecule has 0 saturated heterocycles. The lowest BCUT2D eigenvalue weighted by atomic mass is 10.0. The Hall–Kier alpha value is -3.34. The molecular formula is C18H10O5. The van der Waals surface area contributed by atoms with E-state index in [1.165, 1.54) is 0 Å². The smallest absolute Gasteiger partial charge is 0.380 e. The Kier molecular flexibility index (Phi) is 2.81. The highest BCUT2D eigenvalue weighted by molar-refractivity contribution is 6.07. The topological polar surface area (TPSA) is 80.7 Å². The maximum atomic E-state index is 12.2. The van der Waals surface area contributed by atoms with E-state index in [1.54, 1.807) is 54.6 Å². The summed E-state index contributed by atoms with van der Waals surface area (Å²) in [6, 6.07) is 15.4. The Morgan fingerprint density at radius 1 is 0.783 bits per heavy atom. The van der Waals surface area contributed by atoms with E-state index >= 15 is 0 Å². The second kappa shape index (κ2) is 4.84. The molecule has 5 nitrogen and oxygen atoms in total. The van der Waals surface area contributed by atoms with Crippen LogP contribution in [0.2, 0.25) is 0 Å². The van der Waals surface area contributed by atoms with E-state index in [9.17, 15) is 14.7 Å². The monoisotopic (exact) mass is 306 g/mol. The standard InChI is InChI=1S/C18H10O5/c19-15-13(10-6-2-1-3-7-10)17(20)23-16-14(15)11-8-4-5-9-12(11)22-18(16)21/h1-9,19H. The van der Waals surface area contributed by atoms with Crippen molar-refractivity contribution in [1.82, 2.24) is 0 Å². The molecule has 2 aromatic carbocycles. The summed E-state index contributed by atoms with van der Waals surface area (Å²) in [6.45, 7) is 0. The summed E-state index contributed by atoms with van der Waals surface area (Å²) >= 11 is 0. The number of fused-ring (bicyclic) bond motifs is 3. The number of hydrogen-bond acceptors (Lipinski definition) is 5. The highest BCUT2D eigenvalue weighted by Gasteiger charge is 2.20. The van der Waals surface area contributed by atoms with Gasteiger partial charge in [0.05, 0.1) is 5.39 Å². The second-order valence-corrected chi connectivity index (χ2v) is 5.07. The fourth-order valence-electron chi connectivity index (χ4n) is 2.69. The average Bonchev–Trinajstić information content (AvgIpc) is 2.56. The Labute approximate surface area is 129 Å². The van der Waals surface area contributed by atoms with Crippen LogP contribution in [0.25, 0.3) is 33.1 Å². The first-order valence-corrected chi connectivity index (χ1v) is 6.94. The summed E-state index contributed by atoms with van der Waals surface area (Å²) in [5.41, 5.74) is -1.03. The van der Waals surface area contributed by atoms with Gasteiger partial charge in [-0.15, -0.1) is 0 Å². The molecule has 0 bridgehead atoms. The van der Waals surface area contributed by atoms with Gasteiger partial charge in [-0.3, -0.25) is 0 Å². The predicted molar refractivity (Wildman–Crippen MR) is 85.6 cm³/mol. The van der Waals surface area contributed by atoms with Crippen molar-refractivity contribution in [1.29, 1.82) is 0 Å². The van der Waals surface area contributed by atoms with Crippen LogP contribution >= 0.6 is 0 Å². The molecule has 0 aliphatic carbocycles. The minimum absolute atomic E-state index is 0.0221. The van der Waals surface area contributed by atoms with Crippen molar-refractivity contribution in [3.8, 4) is 16.9 Å². The maximum absolute atomic E-state index is 12.2. The molecule has 2 aromatic heterocycles. The highest BCUT2D eigenvalue weighted by atomic mass is 16.4. The minimum Gasteiger partial charge on any atom is -0.506 e. The van der Waals surface area contributed by atoms with E-state index in [4.69, 9.17) is 8.83 Å². The number of hydrogen-bond donors (Lipinski definition) is 1. The second-order valence-electron chi connectivity index (χ2n) is 5.07. The summed E-state index contributed by atoms with van der Waals surface area (Å²) in [7, 11) is 0. The minimum atomic E-state index is -0.800. The molecule has 23 heavy (non-hydrogen) atoms. The van der Waals surface area contributed by atoms with Crippen LogP contribution in [0.5, 0.6) is 5.75 Å². The molecule has 0 fully saturated rings. The molecule has 1 N–H and O–H groups in total. The molecule has 5 heteroatoms. The van der Waals surface area contributed by atoms with Gasteiger partial charge in [0.15, 0.2) is 0 Å². The summed E-state index contributed by atoms with van der Waals surface area (Å²) < 4.78 is 10.3. The van der Waals surface area contributed by atoms with E-state index in [1.807, 2.05) is 0 Å². The number of rotatable bonds is 1. The first-order chi connectivity index (χ1) is 11.2. The number of aromatic hydroxyl groups is 1. The first-order valence-electron chi connectivity index (χ1n) is 6.94. The molecule has 4 aromatic rings. The lowest BCUT2D eigenvalue weighted by molar-refractivity contribution is 0.464. The Morgan fingerprint density at radius 2 is 1.48 bits per heavy atom. The van der Waals surface area contributed by atoms with Crippen LogP contribution in [-0.2, 0) is 0 Å². The summed E-state index contributed by atoms with van der Waals surface area (Å²) in [5.74, 6) is -0.286. The van der Waals surface area contributed by atoms with Gasteiger partial charge >= 0.3 is 11.3 Å². The molecule has 0 spiro atoms. The van der Waals surface area contributed by atoms with Crippen LogP contribution in [0.4, 0.5) is 0 Å². The zero-order valence-corrected chi connectivity index (χ0v) is 11.8. The van der Waals surface area contributed by atoms with Crippen LogP contribution in [-0.4, -0.2) is 5.11 Å². The number of para-hydroxylation sites is 1. The normalized spacial score (nSPS) is 11.1. The van der Waals surface area contributed by atoms with Gasteiger partial charge < -0.3 is 13.9 Å². The summed E-state index contributed by atoms with van der Waals surface area (Å²) in [6.07, 6.45) is 0. The van der Waals surface area contributed by atoms with Crippen LogP contribution in [0.15, 0.2) is 73.0 Å². The zero-order valence-electron chi connectivity index (χ0n) is 11.8. The van der Waals surface area contributed by atoms with Crippen LogP contribution in [0.1, 0.15) is 0 Å². The number of benzene rings is 2. The fourth-order valence-corrected chi connectivity index (χ4v) is 2.69. The molecule has 4 rings (SSSR count). The van der Waals surface area contributed by atoms with Gasteiger partial charge in [0, 0.05) is 5.39 Å². The third kappa shape index (κ3) is 1.94. The van der Waals surface area contributed by atoms with Crippen molar-refractivity contribution in [2.75, 3.05) is 0 Å². The SMILES string of the molecule is O=c1oc2c(=O)oc3ccccc3c2c(O)c1-c1ccccc1. The Balaban J connectivity index is 2.26. The zero-order chi connectivity index (χ0) is 16.0. The maximum Gasteiger partial charge on any atom is 0.380 e. The molecule has 0 aliphatic rings. The van der Waals surface area contributed by atoms with Crippen LogP contribution < -0.4 is 11.3 Å². The van der Waals surface area contributed by atoms with E-state index in [-0.39, 0.29) is 22.3 Å². The Bertz CT molecular complexity index is 1150. The molecule has 0 atom stereocenters. The predicted octanol–water partition coefficient (Wildman–Crippen LogP) is 3.27. The average molecular weight is 306 g/mol. The van der Waals surface area contributed by atoms with Gasteiger partial charge in [-0.1, -0.05) is 48.5 Å². The largest absolute Gasteiger partial charge is 0.506 e. The van der Waals surface area contributed by atoms with Crippen molar-refractivity contribution in [3.63, 3.8) is 0 Å². The molecular weight excluding hydrogens is 296 g/mol. The van der Waals surface area contributed by atoms with Gasteiger partial charge in [-0.2, -0.15) is 0 Å². The van der Waals surface area contributed by atoms with Gasteiger partial charge in [0.25, 0.3) is 0 Å². The molecule has 0 unspecified atom stereocenters. The van der Waals surface area contributed by atoms with Gasteiger partial charge in [0.1, 0.15) is 16.9 Å². The molecule has 0 saturated carbocycles. The van der Waals surface area contributed by atoms with E-state index < -0.39 is 11.3 Å². The molecule has 2 heterocycles. The molecule has 0 radical (unpaired) electrons. The van der Waals surface area contributed by atoms with Crippen LogP contribution in [0.3, 0.4) is 0 Å². The highest BCUT2D eigenvalue weighted by Crippen LogP contribution is 2.35. The van der Waals surface area contributed by atoms with Crippen molar-refractivity contribution < 1.29 is 13.9 Å². The molecule has 112 valence electrons. The third-order valence-corrected chi connectivity index (χ3v) is 3.71. The first kappa shape index (κ1) is 13.3. The lowest BCUT2D eigenvalue weighted by Crippen LogP contribution is -2.09. The Morgan fingerprint density at radius 3 is 2.26 bits per heavy atom. The molecule has 0 aliphatic heterocycles. The van der Waals surface area contributed by atoms with Crippen LogP contribution in [0, 0.1) is 0 Å².